The summed E-state index contributed by atoms with van der Waals surface area (Å²) in [6, 6.07) is 0. The van der Waals surface area contributed by atoms with Crippen LogP contribution in [0.5, 0.6) is 0 Å². The molecule has 396 valence electrons. The van der Waals surface area contributed by atoms with Gasteiger partial charge in [-0.05, 0) is 109 Å². The number of esters is 3. The standard InChI is InChI=1S/C63H108O6/c1-4-7-10-13-16-19-22-25-28-30-31-33-35-38-41-44-47-50-53-56-62(65)68-59-60(58-67-61(64)55-52-49-46-43-40-37-34-27-24-21-18-15-12-9-6-3)69-63(66)57-54-51-48-45-42-39-36-32-29-26-23-20-17-14-11-8-5-2/h8,11,17,20,26-27,29-31,34,36,39,45,48,60H,4-7,9-10,12-16,18-19,21-25,28,32-33,35,37-38,40-44,46-47,49-59H2,1-3H3/b11-8-,20-17-,29-26-,31-30-,34-27-,39-36-,48-45-/t60-/m1/s1. The van der Waals surface area contributed by atoms with Gasteiger partial charge in [-0.2, -0.15) is 0 Å². The van der Waals surface area contributed by atoms with Gasteiger partial charge in [0, 0.05) is 19.3 Å². The molecule has 0 aliphatic heterocycles. The highest BCUT2D eigenvalue weighted by Gasteiger charge is 2.19. The van der Waals surface area contributed by atoms with E-state index in [0.717, 1.165) is 83.5 Å². The molecule has 0 radical (unpaired) electrons. The SMILES string of the molecule is CC/C=C\C/C=C\C/C=C\C/C=C\C/C=C\CCCC(=O)O[C@H](COC(=O)CCCCCCC/C=C\CCCCCCCC)COC(=O)CCCCCCCCC/C=C\CCCCCCCCCC. The second kappa shape index (κ2) is 57.2. The van der Waals surface area contributed by atoms with E-state index in [0.29, 0.717) is 19.3 Å². The normalized spacial score (nSPS) is 12.7. The van der Waals surface area contributed by atoms with Crippen LogP contribution in [0.15, 0.2) is 85.1 Å². The van der Waals surface area contributed by atoms with Gasteiger partial charge in [0.1, 0.15) is 13.2 Å². The third-order valence-electron chi connectivity index (χ3n) is 12.4. The highest BCUT2D eigenvalue weighted by molar-refractivity contribution is 5.71. The molecule has 1 atom stereocenters. The Balaban J connectivity index is 4.47. The third kappa shape index (κ3) is 55.4. The molecule has 0 aliphatic carbocycles. The van der Waals surface area contributed by atoms with Gasteiger partial charge in [-0.15, -0.1) is 0 Å². The quantitative estimate of drug-likeness (QED) is 0.0262. The first-order valence-electron chi connectivity index (χ1n) is 29.1. The van der Waals surface area contributed by atoms with E-state index < -0.39 is 6.10 Å². The Hall–Kier alpha value is -3.41. The lowest BCUT2D eigenvalue weighted by Gasteiger charge is -2.18. The van der Waals surface area contributed by atoms with Crippen molar-refractivity contribution in [2.75, 3.05) is 13.2 Å². The second-order valence-electron chi connectivity index (χ2n) is 19.2. The summed E-state index contributed by atoms with van der Waals surface area (Å²) in [6.45, 7) is 6.48. The molecule has 0 amide bonds. The lowest BCUT2D eigenvalue weighted by molar-refractivity contribution is -0.167. The van der Waals surface area contributed by atoms with Crippen molar-refractivity contribution in [3.05, 3.63) is 85.1 Å². The van der Waals surface area contributed by atoms with Crippen LogP contribution >= 0.6 is 0 Å². The maximum atomic E-state index is 12.8. The van der Waals surface area contributed by atoms with Crippen molar-refractivity contribution in [3.63, 3.8) is 0 Å². The van der Waals surface area contributed by atoms with Gasteiger partial charge in [-0.1, -0.05) is 234 Å². The first-order chi connectivity index (χ1) is 34.0. The fraction of sp³-hybridized carbons (Fsp3) is 0.730. The number of hydrogen-bond donors (Lipinski definition) is 0. The van der Waals surface area contributed by atoms with Crippen LogP contribution in [0.3, 0.4) is 0 Å². The molecule has 6 nitrogen and oxygen atoms in total. The first-order valence-corrected chi connectivity index (χ1v) is 29.1. The smallest absolute Gasteiger partial charge is 0.306 e. The molecule has 0 aromatic rings. The van der Waals surface area contributed by atoms with Crippen molar-refractivity contribution in [1.29, 1.82) is 0 Å². The van der Waals surface area contributed by atoms with Gasteiger partial charge in [0.2, 0.25) is 0 Å². The summed E-state index contributed by atoms with van der Waals surface area (Å²) >= 11 is 0. The summed E-state index contributed by atoms with van der Waals surface area (Å²) in [5, 5.41) is 0. The van der Waals surface area contributed by atoms with E-state index in [4.69, 9.17) is 14.2 Å². The van der Waals surface area contributed by atoms with E-state index in [-0.39, 0.29) is 37.5 Å². The Morgan fingerprint density at radius 2 is 0.580 bits per heavy atom. The van der Waals surface area contributed by atoms with E-state index in [9.17, 15) is 14.4 Å². The highest BCUT2D eigenvalue weighted by Crippen LogP contribution is 2.14. The maximum Gasteiger partial charge on any atom is 0.306 e. The topological polar surface area (TPSA) is 78.9 Å². The Morgan fingerprint density at radius 1 is 0.304 bits per heavy atom. The molecule has 0 N–H and O–H groups in total. The number of ether oxygens (including phenoxy) is 3. The zero-order valence-corrected chi connectivity index (χ0v) is 45.3. The molecule has 0 aromatic carbocycles. The molecule has 0 fully saturated rings. The molecule has 0 saturated carbocycles. The number of unbranched alkanes of at least 4 members (excludes halogenated alkanes) is 27. The summed E-state index contributed by atoms with van der Waals surface area (Å²) in [5.74, 6) is -0.969. The lowest BCUT2D eigenvalue weighted by Crippen LogP contribution is -2.30. The Morgan fingerprint density at radius 3 is 0.942 bits per heavy atom. The monoisotopic (exact) mass is 961 g/mol. The van der Waals surface area contributed by atoms with Crippen molar-refractivity contribution in [1.82, 2.24) is 0 Å². The van der Waals surface area contributed by atoms with Crippen molar-refractivity contribution in [3.8, 4) is 0 Å². The van der Waals surface area contributed by atoms with E-state index in [1.807, 2.05) is 0 Å². The van der Waals surface area contributed by atoms with Crippen LogP contribution in [-0.4, -0.2) is 37.2 Å². The zero-order chi connectivity index (χ0) is 50.0. The van der Waals surface area contributed by atoms with Crippen molar-refractivity contribution >= 4 is 17.9 Å². The van der Waals surface area contributed by atoms with Gasteiger partial charge in [0.25, 0.3) is 0 Å². The first kappa shape index (κ1) is 65.6. The summed E-state index contributed by atoms with van der Waals surface area (Å²) in [4.78, 5) is 38.1. The molecule has 0 aromatic heterocycles. The summed E-state index contributed by atoms with van der Waals surface area (Å²) in [5.41, 5.74) is 0. The van der Waals surface area contributed by atoms with Gasteiger partial charge in [0.15, 0.2) is 6.10 Å². The van der Waals surface area contributed by atoms with Crippen LogP contribution < -0.4 is 0 Å². The fourth-order valence-corrected chi connectivity index (χ4v) is 8.00. The van der Waals surface area contributed by atoms with Gasteiger partial charge in [0.05, 0.1) is 0 Å². The molecule has 6 heteroatoms. The van der Waals surface area contributed by atoms with Crippen LogP contribution in [0.1, 0.15) is 278 Å². The van der Waals surface area contributed by atoms with E-state index in [1.165, 1.54) is 148 Å². The second-order valence-corrected chi connectivity index (χ2v) is 19.2. The molecule has 0 spiro atoms. The van der Waals surface area contributed by atoms with Gasteiger partial charge < -0.3 is 14.2 Å². The molecule has 0 rings (SSSR count). The average Bonchev–Trinajstić information content (AvgIpc) is 3.35. The molecule has 0 bridgehead atoms. The minimum absolute atomic E-state index is 0.104. The summed E-state index contributed by atoms with van der Waals surface area (Å²) < 4.78 is 16.8. The highest BCUT2D eigenvalue weighted by atomic mass is 16.6. The van der Waals surface area contributed by atoms with Crippen LogP contribution in [0.4, 0.5) is 0 Å². The average molecular weight is 962 g/mol. The Labute approximate surface area is 426 Å². The number of hydrogen-bond acceptors (Lipinski definition) is 6. The molecular weight excluding hydrogens is 853 g/mol. The van der Waals surface area contributed by atoms with Crippen LogP contribution in [0.25, 0.3) is 0 Å². The lowest BCUT2D eigenvalue weighted by atomic mass is 10.1. The zero-order valence-electron chi connectivity index (χ0n) is 45.3. The largest absolute Gasteiger partial charge is 0.462 e. The van der Waals surface area contributed by atoms with E-state index >= 15 is 0 Å². The van der Waals surface area contributed by atoms with E-state index in [2.05, 4.69) is 106 Å². The van der Waals surface area contributed by atoms with Crippen molar-refractivity contribution in [2.24, 2.45) is 0 Å². The van der Waals surface area contributed by atoms with E-state index in [1.54, 1.807) is 0 Å². The minimum atomic E-state index is -0.812. The predicted octanol–water partition coefficient (Wildman–Crippen LogP) is 19.5. The maximum absolute atomic E-state index is 12.8. The third-order valence-corrected chi connectivity index (χ3v) is 12.4. The Bertz CT molecular complexity index is 1330. The minimum Gasteiger partial charge on any atom is -0.462 e. The molecular formula is C63H108O6. The van der Waals surface area contributed by atoms with Gasteiger partial charge in [-0.25, -0.2) is 0 Å². The number of carbonyl (C=O) groups is 3. The molecule has 0 saturated heterocycles. The van der Waals surface area contributed by atoms with Crippen molar-refractivity contribution < 1.29 is 28.6 Å². The molecule has 0 heterocycles. The summed E-state index contributed by atoms with van der Waals surface area (Å²) in [6.07, 6.45) is 74.4. The van der Waals surface area contributed by atoms with Crippen LogP contribution in [0.2, 0.25) is 0 Å². The number of carbonyl (C=O) groups excluding carboxylic acids is 3. The summed E-state index contributed by atoms with van der Waals surface area (Å²) in [7, 11) is 0. The molecule has 0 aliphatic rings. The van der Waals surface area contributed by atoms with Crippen LogP contribution in [-0.2, 0) is 28.6 Å². The van der Waals surface area contributed by atoms with Crippen LogP contribution in [0, 0.1) is 0 Å². The predicted molar refractivity (Wildman–Crippen MR) is 297 cm³/mol. The number of rotatable bonds is 52. The number of allylic oxidation sites excluding steroid dienone is 14. The van der Waals surface area contributed by atoms with Gasteiger partial charge >= 0.3 is 17.9 Å². The van der Waals surface area contributed by atoms with Gasteiger partial charge in [-0.3, -0.25) is 14.4 Å². The molecule has 0 unspecified atom stereocenters. The molecule has 69 heavy (non-hydrogen) atoms. The van der Waals surface area contributed by atoms with Crippen molar-refractivity contribution in [2.45, 2.75) is 284 Å². The Kier molecular flexibility index (Phi) is 54.3. The fourth-order valence-electron chi connectivity index (χ4n) is 8.00.